The minimum absolute atomic E-state index is 0.109. The highest BCUT2D eigenvalue weighted by atomic mass is 16.2. The van der Waals surface area contributed by atoms with Gasteiger partial charge in [0, 0.05) is 24.0 Å². The molecule has 3 N–H and O–H groups in total. The van der Waals surface area contributed by atoms with Gasteiger partial charge in [0.05, 0.1) is 6.54 Å². The number of hydrogen-bond donors (Lipinski definition) is 3. The molecule has 0 saturated heterocycles. The van der Waals surface area contributed by atoms with E-state index in [4.69, 9.17) is 0 Å². The van der Waals surface area contributed by atoms with Crippen molar-refractivity contribution in [2.75, 3.05) is 24.2 Å². The smallest absolute Gasteiger partial charge is 0.251 e. The summed E-state index contributed by atoms with van der Waals surface area (Å²) in [6.07, 6.45) is 0.748. The van der Waals surface area contributed by atoms with Gasteiger partial charge >= 0.3 is 0 Å². The van der Waals surface area contributed by atoms with Gasteiger partial charge in [-0.3, -0.25) is 9.59 Å². The van der Waals surface area contributed by atoms with Crippen molar-refractivity contribution < 1.29 is 9.59 Å². The molecule has 0 spiro atoms. The van der Waals surface area contributed by atoms with E-state index in [-0.39, 0.29) is 18.4 Å². The highest BCUT2D eigenvalue weighted by Gasteiger charge is 2.12. The van der Waals surface area contributed by atoms with E-state index in [1.54, 1.807) is 19.2 Å². The van der Waals surface area contributed by atoms with E-state index in [0.717, 1.165) is 28.9 Å². The molecule has 0 unspecified atom stereocenters. The third kappa shape index (κ3) is 5.23. The molecule has 0 heterocycles. The topological polar surface area (TPSA) is 70.2 Å². The number of carbonyl (C=O) groups is 2. The molecule has 0 aliphatic heterocycles. The SMILES string of the molecule is CNC(=O)c1cccc(NCC(=O)Nc2ccccc2Cc2ccccc2)c1C. The van der Waals surface area contributed by atoms with Gasteiger partial charge in [-0.2, -0.15) is 0 Å². The fourth-order valence-corrected chi connectivity index (χ4v) is 3.19. The predicted octanol–water partition coefficient (Wildman–Crippen LogP) is 4.00. The van der Waals surface area contributed by atoms with E-state index in [0.29, 0.717) is 5.56 Å². The molecule has 2 amide bonds. The molecule has 5 heteroatoms. The van der Waals surface area contributed by atoms with Gasteiger partial charge in [0.15, 0.2) is 0 Å². The summed E-state index contributed by atoms with van der Waals surface area (Å²) in [5.74, 6) is -0.291. The summed E-state index contributed by atoms with van der Waals surface area (Å²) in [7, 11) is 1.60. The van der Waals surface area contributed by atoms with Crippen molar-refractivity contribution in [1.82, 2.24) is 5.32 Å². The number of carbonyl (C=O) groups excluding carboxylic acids is 2. The number of rotatable bonds is 7. The summed E-state index contributed by atoms with van der Waals surface area (Å²) in [6.45, 7) is 1.97. The zero-order chi connectivity index (χ0) is 20.6. The van der Waals surface area contributed by atoms with Gasteiger partial charge in [0.1, 0.15) is 0 Å². The van der Waals surface area contributed by atoms with E-state index < -0.39 is 0 Å². The van der Waals surface area contributed by atoms with Crippen molar-refractivity contribution in [1.29, 1.82) is 0 Å². The molecule has 0 bridgehead atoms. The van der Waals surface area contributed by atoms with Crippen molar-refractivity contribution in [3.63, 3.8) is 0 Å². The molecule has 3 aromatic rings. The second kappa shape index (κ2) is 9.55. The maximum atomic E-state index is 12.5. The molecule has 5 nitrogen and oxygen atoms in total. The average molecular weight is 387 g/mol. The van der Waals surface area contributed by atoms with Gasteiger partial charge in [0.2, 0.25) is 5.91 Å². The number of nitrogens with one attached hydrogen (secondary N) is 3. The number of hydrogen-bond acceptors (Lipinski definition) is 3. The van der Waals surface area contributed by atoms with Crippen molar-refractivity contribution in [3.05, 3.63) is 95.1 Å². The maximum Gasteiger partial charge on any atom is 0.251 e. The zero-order valence-electron chi connectivity index (χ0n) is 16.7. The van der Waals surface area contributed by atoms with E-state index in [9.17, 15) is 9.59 Å². The van der Waals surface area contributed by atoms with Gasteiger partial charge in [-0.15, -0.1) is 0 Å². The number of benzene rings is 3. The molecule has 0 aliphatic carbocycles. The predicted molar refractivity (Wildman–Crippen MR) is 117 cm³/mol. The Morgan fingerprint density at radius 3 is 2.28 bits per heavy atom. The quantitative estimate of drug-likeness (QED) is 0.574. The highest BCUT2D eigenvalue weighted by molar-refractivity contribution is 5.98. The van der Waals surface area contributed by atoms with Gasteiger partial charge in [-0.25, -0.2) is 0 Å². The molecule has 0 aliphatic rings. The van der Waals surface area contributed by atoms with Gasteiger partial charge in [-0.05, 0) is 48.2 Å². The Morgan fingerprint density at radius 1 is 0.828 bits per heavy atom. The second-order valence-electron chi connectivity index (χ2n) is 6.78. The van der Waals surface area contributed by atoms with Crippen molar-refractivity contribution >= 4 is 23.2 Å². The first-order valence-corrected chi connectivity index (χ1v) is 9.55. The van der Waals surface area contributed by atoms with E-state index in [1.165, 1.54) is 5.56 Å². The summed E-state index contributed by atoms with van der Waals surface area (Å²) in [5, 5.41) is 8.74. The number of amides is 2. The lowest BCUT2D eigenvalue weighted by molar-refractivity contribution is -0.114. The van der Waals surface area contributed by atoms with Gasteiger partial charge in [-0.1, -0.05) is 54.6 Å². The van der Waals surface area contributed by atoms with Crippen LogP contribution in [0.5, 0.6) is 0 Å². The van der Waals surface area contributed by atoms with Crippen molar-refractivity contribution in [3.8, 4) is 0 Å². The van der Waals surface area contributed by atoms with Crippen LogP contribution in [0, 0.1) is 6.92 Å². The first-order chi connectivity index (χ1) is 14.1. The second-order valence-corrected chi connectivity index (χ2v) is 6.78. The highest BCUT2D eigenvalue weighted by Crippen LogP contribution is 2.20. The fraction of sp³-hybridized carbons (Fsp3) is 0.167. The van der Waals surface area contributed by atoms with Crippen LogP contribution in [0.2, 0.25) is 0 Å². The minimum atomic E-state index is -0.148. The van der Waals surface area contributed by atoms with Gasteiger partial charge in [0.25, 0.3) is 5.91 Å². The molecule has 0 saturated carbocycles. The van der Waals surface area contributed by atoms with Crippen LogP contribution in [-0.4, -0.2) is 25.4 Å². The summed E-state index contributed by atoms with van der Waals surface area (Å²) in [5.41, 5.74) is 5.21. The lowest BCUT2D eigenvalue weighted by Crippen LogP contribution is -2.23. The standard InChI is InChI=1S/C24H25N3O2/c1-17-20(24(29)25-2)12-8-14-21(17)26-16-23(28)27-22-13-7-6-11-19(22)15-18-9-4-3-5-10-18/h3-14,26H,15-16H2,1-2H3,(H,25,29)(H,27,28). The average Bonchev–Trinajstić information content (AvgIpc) is 2.74. The Labute approximate surface area is 171 Å². The van der Waals surface area contributed by atoms with Crippen LogP contribution in [0.15, 0.2) is 72.8 Å². The lowest BCUT2D eigenvalue weighted by atomic mass is 10.0. The summed E-state index contributed by atoms with van der Waals surface area (Å²) in [4.78, 5) is 24.5. The largest absolute Gasteiger partial charge is 0.376 e. The normalized spacial score (nSPS) is 10.3. The zero-order valence-corrected chi connectivity index (χ0v) is 16.7. The van der Waals surface area contributed by atoms with E-state index in [1.807, 2.05) is 55.5 Å². The number of para-hydroxylation sites is 1. The van der Waals surface area contributed by atoms with Crippen LogP contribution in [-0.2, 0) is 11.2 Å². The first-order valence-electron chi connectivity index (χ1n) is 9.55. The van der Waals surface area contributed by atoms with Crippen molar-refractivity contribution in [2.24, 2.45) is 0 Å². The van der Waals surface area contributed by atoms with Crippen molar-refractivity contribution in [2.45, 2.75) is 13.3 Å². The first kappa shape index (κ1) is 20.1. The molecular weight excluding hydrogens is 362 g/mol. The minimum Gasteiger partial charge on any atom is -0.376 e. The molecule has 3 rings (SSSR count). The molecule has 0 fully saturated rings. The third-order valence-electron chi connectivity index (χ3n) is 4.77. The third-order valence-corrected chi connectivity index (χ3v) is 4.77. The Bertz CT molecular complexity index is 1000. The summed E-state index contributed by atoms with van der Waals surface area (Å²) < 4.78 is 0. The van der Waals surface area contributed by atoms with E-state index in [2.05, 4.69) is 28.1 Å². The number of anilines is 2. The Morgan fingerprint density at radius 2 is 1.52 bits per heavy atom. The molecular formula is C24H25N3O2. The molecule has 29 heavy (non-hydrogen) atoms. The Balaban J connectivity index is 1.66. The summed E-state index contributed by atoms with van der Waals surface area (Å²) >= 11 is 0. The van der Waals surface area contributed by atoms with Crippen LogP contribution in [0.3, 0.4) is 0 Å². The monoisotopic (exact) mass is 387 g/mol. The molecule has 148 valence electrons. The van der Waals surface area contributed by atoms with E-state index >= 15 is 0 Å². The van der Waals surface area contributed by atoms with Gasteiger partial charge < -0.3 is 16.0 Å². The Kier molecular flexibility index (Phi) is 6.63. The van der Waals surface area contributed by atoms with Crippen LogP contribution in [0.4, 0.5) is 11.4 Å². The van der Waals surface area contributed by atoms with Crippen LogP contribution >= 0.6 is 0 Å². The van der Waals surface area contributed by atoms with Crippen LogP contribution in [0.25, 0.3) is 0 Å². The Hall–Kier alpha value is -3.60. The van der Waals surface area contributed by atoms with Crippen LogP contribution in [0.1, 0.15) is 27.0 Å². The molecule has 0 radical (unpaired) electrons. The fourth-order valence-electron chi connectivity index (χ4n) is 3.19. The lowest BCUT2D eigenvalue weighted by Gasteiger charge is -2.14. The molecule has 0 atom stereocenters. The van der Waals surface area contributed by atoms with Crippen LogP contribution < -0.4 is 16.0 Å². The molecule has 3 aromatic carbocycles. The molecule has 0 aromatic heterocycles. The maximum absolute atomic E-state index is 12.5. The summed E-state index contributed by atoms with van der Waals surface area (Å²) in [6, 6.07) is 23.4.